The smallest absolute Gasteiger partial charge is 0.485 e. The molecule has 1 heterocycles. The van der Waals surface area contributed by atoms with Crippen LogP contribution in [0.1, 0.15) is 28.7 Å². The van der Waals surface area contributed by atoms with Crippen LogP contribution in [0.25, 0.3) is 33.6 Å². The minimum absolute atomic E-state index is 0.430. The summed E-state index contributed by atoms with van der Waals surface area (Å²) in [4.78, 5) is 0. The minimum atomic E-state index is -6.09. The SMILES string of the molecule is CS(=O)(=O)NCCC[n+]1c2c(c(-c3ccccc3)c3c1-c1ccccc1CC3)CCc1ccccc1-2.O=S(=O)([O-])C(F)(F)F. The molecule has 0 amide bonds. The monoisotopic (exact) mass is 644 g/mol. The Kier molecular flexibility index (Phi) is 8.99. The van der Waals surface area contributed by atoms with E-state index in [1.54, 1.807) is 0 Å². The quantitative estimate of drug-likeness (QED) is 0.135. The zero-order valence-corrected chi connectivity index (χ0v) is 25.5. The maximum atomic E-state index is 11.7. The number of sulfonamides is 1. The van der Waals surface area contributed by atoms with Gasteiger partial charge in [-0.3, -0.25) is 0 Å². The third-order valence-corrected chi connectivity index (χ3v) is 9.11. The lowest BCUT2D eigenvalue weighted by atomic mass is 9.77. The number of nitrogens with zero attached hydrogens (tertiary/aromatic N) is 1. The molecule has 0 aliphatic heterocycles. The van der Waals surface area contributed by atoms with E-state index in [1.165, 1.54) is 62.2 Å². The molecule has 0 fully saturated rings. The molecule has 12 heteroatoms. The highest BCUT2D eigenvalue weighted by atomic mass is 32.2. The molecule has 6 rings (SSSR count). The predicted molar refractivity (Wildman–Crippen MR) is 161 cm³/mol. The van der Waals surface area contributed by atoms with E-state index in [1.807, 2.05) is 0 Å². The van der Waals surface area contributed by atoms with E-state index in [2.05, 4.69) is 88.2 Å². The highest BCUT2D eigenvalue weighted by Gasteiger charge is 2.38. The Labute approximate surface area is 255 Å². The van der Waals surface area contributed by atoms with Crippen molar-refractivity contribution in [1.82, 2.24) is 4.72 Å². The van der Waals surface area contributed by atoms with E-state index >= 15 is 0 Å². The largest absolute Gasteiger partial charge is 0.741 e. The van der Waals surface area contributed by atoms with Crippen LogP contribution in [-0.2, 0) is 52.4 Å². The summed E-state index contributed by atoms with van der Waals surface area (Å²) in [6.07, 6.45) is 6.04. The van der Waals surface area contributed by atoms with Crippen molar-refractivity contribution in [1.29, 1.82) is 0 Å². The summed E-state index contributed by atoms with van der Waals surface area (Å²) in [7, 11) is -9.30. The van der Waals surface area contributed by atoms with Gasteiger partial charge >= 0.3 is 5.51 Å². The van der Waals surface area contributed by atoms with E-state index in [0.29, 0.717) is 6.54 Å². The summed E-state index contributed by atoms with van der Waals surface area (Å²) in [5.41, 5.74) is 7.86. The summed E-state index contributed by atoms with van der Waals surface area (Å²) in [5, 5.41) is 0. The summed E-state index contributed by atoms with van der Waals surface area (Å²) >= 11 is 0. The molecule has 0 saturated heterocycles. The zero-order chi connectivity index (χ0) is 31.7. The number of halogens is 3. The first-order valence-corrected chi connectivity index (χ1v) is 17.4. The molecule has 0 saturated carbocycles. The number of aryl methyl sites for hydroxylation is 2. The fraction of sp³-hybridized carbons (Fsp3) is 0.281. The summed E-state index contributed by atoms with van der Waals surface area (Å²) in [6.45, 7) is 1.18. The molecule has 2 aliphatic rings. The number of pyridine rings is 1. The maximum absolute atomic E-state index is 11.7. The molecule has 2 aliphatic carbocycles. The third kappa shape index (κ3) is 6.73. The van der Waals surface area contributed by atoms with Gasteiger partial charge in [-0.15, -0.1) is 0 Å². The number of fused-ring (bicyclic) bond motifs is 6. The lowest BCUT2D eigenvalue weighted by Crippen LogP contribution is -2.44. The average Bonchev–Trinajstić information content (AvgIpc) is 2.97. The molecule has 44 heavy (non-hydrogen) atoms. The number of benzene rings is 3. The molecule has 0 bridgehead atoms. The third-order valence-electron chi connectivity index (χ3n) is 7.82. The number of rotatable bonds is 6. The van der Waals surface area contributed by atoms with Crippen LogP contribution in [0.15, 0.2) is 78.9 Å². The first-order valence-electron chi connectivity index (χ1n) is 14.1. The fourth-order valence-electron chi connectivity index (χ4n) is 6.09. The Bertz CT molecular complexity index is 1830. The lowest BCUT2D eigenvalue weighted by molar-refractivity contribution is -0.676. The van der Waals surface area contributed by atoms with Crippen LogP contribution in [0.5, 0.6) is 0 Å². The Balaban J connectivity index is 0.000000426. The zero-order valence-electron chi connectivity index (χ0n) is 23.9. The number of hydrogen-bond acceptors (Lipinski definition) is 5. The molecule has 0 spiro atoms. The molecule has 1 N–H and O–H groups in total. The highest BCUT2D eigenvalue weighted by molar-refractivity contribution is 7.88. The van der Waals surface area contributed by atoms with Gasteiger partial charge in [0.05, 0.1) is 6.26 Å². The molecular weight excluding hydrogens is 613 g/mol. The number of aromatic nitrogens is 1. The molecule has 7 nitrogen and oxygen atoms in total. The van der Waals surface area contributed by atoms with E-state index in [-0.39, 0.29) is 0 Å². The van der Waals surface area contributed by atoms with Gasteiger partial charge in [0.2, 0.25) is 21.4 Å². The maximum Gasteiger partial charge on any atom is 0.485 e. The molecule has 0 radical (unpaired) electrons. The second-order valence-corrected chi connectivity index (χ2v) is 14.0. The van der Waals surface area contributed by atoms with Gasteiger partial charge in [0, 0.05) is 40.8 Å². The van der Waals surface area contributed by atoms with E-state index in [9.17, 15) is 21.6 Å². The van der Waals surface area contributed by atoms with Gasteiger partial charge in [-0.2, -0.15) is 17.7 Å². The van der Waals surface area contributed by atoms with Crippen LogP contribution in [0.2, 0.25) is 0 Å². The predicted octanol–water partition coefficient (Wildman–Crippen LogP) is 5.16. The first kappa shape index (κ1) is 31.8. The van der Waals surface area contributed by atoms with E-state index in [4.69, 9.17) is 13.0 Å². The Morgan fingerprint density at radius 2 is 1.20 bits per heavy atom. The molecule has 232 valence electrons. The van der Waals surface area contributed by atoms with E-state index in [0.717, 1.165) is 38.6 Å². The number of alkyl halides is 3. The van der Waals surface area contributed by atoms with Crippen LogP contribution >= 0.6 is 0 Å². The summed E-state index contributed by atoms with van der Waals surface area (Å²) in [5.74, 6) is 0. The second kappa shape index (κ2) is 12.4. The van der Waals surface area contributed by atoms with Gasteiger partial charge in [-0.25, -0.2) is 21.6 Å². The van der Waals surface area contributed by atoms with Gasteiger partial charge in [-0.1, -0.05) is 66.7 Å². The van der Waals surface area contributed by atoms with Crippen molar-refractivity contribution in [3.63, 3.8) is 0 Å². The summed E-state index contributed by atoms with van der Waals surface area (Å²) < 4.78 is 87.5. The molecule has 0 unspecified atom stereocenters. The van der Waals surface area contributed by atoms with Crippen molar-refractivity contribution in [3.8, 4) is 33.6 Å². The van der Waals surface area contributed by atoms with Crippen LogP contribution in [0, 0.1) is 0 Å². The highest BCUT2D eigenvalue weighted by Crippen LogP contribution is 2.44. The molecular formula is C32H31F3N2O5S2. The van der Waals surface area contributed by atoms with Crippen molar-refractivity contribution in [3.05, 3.63) is 101 Å². The van der Waals surface area contributed by atoms with Gasteiger partial charge in [0.25, 0.3) is 0 Å². The molecule has 0 atom stereocenters. The van der Waals surface area contributed by atoms with Gasteiger partial charge < -0.3 is 4.55 Å². The van der Waals surface area contributed by atoms with Crippen LogP contribution in [0.3, 0.4) is 0 Å². The Hall–Kier alpha value is -3.58. The Morgan fingerprint density at radius 3 is 1.66 bits per heavy atom. The molecule has 1 aromatic heterocycles. The standard InChI is InChI=1S/C31H31N2O2S.CHF3O3S/c1-36(34,35)32-20-9-21-33-30-25-14-7-5-10-22(25)16-18-27(30)29(24-12-3-2-4-13-24)28-19-17-23-11-6-8-15-26(23)31(28)33;2-1(3,4)8(5,6)7/h2-8,10-15,32H,9,16-21H2,1H3;(H,5,6,7)/q+1;/p-1. The number of hydrogen-bond donors (Lipinski definition) is 1. The van der Waals surface area contributed by atoms with Crippen LogP contribution in [-0.4, -0.2) is 39.7 Å². The van der Waals surface area contributed by atoms with Crippen LogP contribution in [0.4, 0.5) is 13.2 Å². The molecule has 4 aromatic rings. The van der Waals surface area contributed by atoms with Crippen molar-refractivity contribution in [2.75, 3.05) is 12.8 Å². The molecule has 3 aromatic carbocycles. The van der Waals surface area contributed by atoms with Gasteiger partial charge in [0.15, 0.2) is 16.7 Å². The normalized spacial score (nSPS) is 13.9. The lowest BCUT2D eigenvalue weighted by Gasteiger charge is -2.28. The topological polar surface area (TPSA) is 107 Å². The summed E-state index contributed by atoms with van der Waals surface area (Å²) in [6, 6.07) is 28.4. The second-order valence-electron chi connectivity index (χ2n) is 10.8. The Morgan fingerprint density at radius 1 is 0.750 bits per heavy atom. The number of nitrogens with one attached hydrogen (secondary N) is 1. The van der Waals surface area contributed by atoms with Crippen molar-refractivity contribution in [2.24, 2.45) is 0 Å². The average molecular weight is 645 g/mol. The van der Waals surface area contributed by atoms with E-state index < -0.39 is 25.6 Å². The van der Waals surface area contributed by atoms with Gasteiger partial charge in [-0.05, 0) is 54.5 Å². The minimum Gasteiger partial charge on any atom is -0.741 e. The van der Waals surface area contributed by atoms with Crippen molar-refractivity contribution < 1.29 is 39.1 Å². The fourth-order valence-corrected chi connectivity index (χ4v) is 6.60. The van der Waals surface area contributed by atoms with Crippen molar-refractivity contribution in [2.45, 2.75) is 44.2 Å². The van der Waals surface area contributed by atoms with Crippen LogP contribution < -0.4 is 9.29 Å². The van der Waals surface area contributed by atoms with Gasteiger partial charge in [0.1, 0.15) is 0 Å². The first-order chi connectivity index (χ1) is 20.8. The van der Waals surface area contributed by atoms with Crippen molar-refractivity contribution >= 4 is 20.1 Å².